The van der Waals surface area contributed by atoms with Crippen molar-refractivity contribution in [3.05, 3.63) is 29.6 Å². The van der Waals surface area contributed by atoms with E-state index in [1.807, 2.05) is 6.07 Å². The number of hydrogen-bond acceptors (Lipinski definition) is 5. The first-order valence-corrected chi connectivity index (χ1v) is 4.92. The molecule has 6 nitrogen and oxygen atoms in total. The van der Waals surface area contributed by atoms with E-state index in [1.54, 1.807) is 12.3 Å². The molecule has 2 rings (SSSR count). The molecular formula is C10H13N3O3. The van der Waals surface area contributed by atoms with E-state index in [9.17, 15) is 0 Å². The van der Waals surface area contributed by atoms with Crippen LogP contribution in [-0.4, -0.2) is 35.3 Å². The van der Waals surface area contributed by atoms with E-state index in [-0.39, 0.29) is 11.9 Å². The van der Waals surface area contributed by atoms with Crippen LogP contribution in [0.5, 0.6) is 0 Å². The van der Waals surface area contributed by atoms with E-state index >= 15 is 0 Å². The van der Waals surface area contributed by atoms with Gasteiger partial charge in [0, 0.05) is 6.20 Å². The SMILES string of the molecule is N/C(=N/O)c1cc(COC2COC2)ccn1. The normalized spacial score (nSPS) is 17.1. The molecule has 0 saturated carbocycles. The molecule has 2 heterocycles. The second-order valence-electron chi connectivity index (χ2n) is 3.51. The molecule has 0 spiro atoms. The first-order chi connectivity index (χ1) is 7.79. The van der Waals surface area contributed by atoms with Crippen LogP contribution >= 0.6 is 0 Å². The van der Waals surface area contributed by atoms with Gasteiger partial charge in [-0.2, -0.15) is 0 Å². The summed E-state index contributed by atoms with van der Waals surface area (Å²) in [6, 6.07) is 3.56. The molecule has 1 aliphatic rings. The molecule has 1 fully saturated rings. The number of nitrogens with zero attached hydrogens (tertiary/aromatic N) is 2. The van der Waals surface area contributed by atoms with E-state index in [0.717, 1.165) is 5.56 Å². The van der Waals surface area contributed by atoms with Gasteiger partial charge in [0.1, 0.15) is 11.8 Å². The maximum Gasteiger partial charge on any atom is 0.188 e. The van der Waals surface area contributed by atoms with Crippen molar-refractivity contribution in [1.82, 2.24) is 4.98 Å². The Balaban J connectivity index is 1.98. The zero-order valence-corrected chi connectivity index (χ0v) is 8.67. The monoisotopic (exact) mass is 223 g/mol. The van der Waals surface area contributed by atoms with Gasteiger partial charge in [0.2, 0.25) is 0 Å². The summed E-state index contributed by atoms with van der Waals surface area (Å²) in [6.45, 7) is 1.78. The predicted molar refractivity (Wildman–Crippen MR) is 56.1 cm³/mol. The van der Waals surface area contributed by atoms with Gasteiger partial charge < -0.3 is 20.4 Å². The van der Waals surface area contributed by atoms with Crippen molar-refractivity contribution < 1.29 is 14.7 Å². The van der Waals surface area contributed by atoms with Crippen molar-refractivity contribution in [1.29, 1.82) is 0 Å². The molecule has 0 aliphatic carbocycles. The molecule has 1 aliphatic heterocycles. The number of aromatic nitrogens is 1. The first-order valence-electron chi connectivity index (χ1n) is 4.92. The summed E-state index contributed by atoms with van der Waals surface area (Å²) >= 11 is 0. The molecule has 16 heavy (non-hydrogen) atoms. The van der Waals surface area contributed by atoms with Crippen LogP contribution < -0.4 is 5.73 Å². The van der Waals surface area contributed by atoms with Crippen LogP contribution in [0.1, 0.15) is 11.3 Å². The summed E-state index contributed by atoms with van der Waals surface area (Å²) in [5.41, 5.74) is 6.81. The minimum atomic E-state index is -0.00572. The third-order valence-electron chi connectivity index (χ3n) is 2.29. The van der Waals surface area contributed by atoms with Crippen LogP contribution in [0, 0.1) is 0 Å². The van der Waals surface area contributed by atoms with Crippen molar-refractivity contribution in [3.63, 3.8) is 0 Å². The summed E-state index contributed by atoms with van der Waals surface area (Å²) in [4.78, 5) is 3.98. The standard InChI is InChI=1S/C10H13N3O3/c11-10(13-14)9-3-7(1-2-12-9)4-16-8-5-15-6-8/h1-3,8,14H,4-6H2,(H2,11,13). The fourth-order valence-electron chi connectivity index (χ4n) is 1.28. The van der Waals surface area contributed by atoms with E-state index in [2.05, 4.69) is 10.1 Å². The molecule has 0 atom stereocenters. The summed E-state index contributed by atoms with van der Waals surface area (Å²) in [6.07, 6.45) is 1.78. The van der Waals surface area contributed by atoms with Crippen LogP contribution in [0.15, 0.2) is 23.5 Å². The topological polar surface area (TPSA) is 90.0 Å². The highest BCUT2D eigenvalue weighted by Gasteiger charge is 2.18. The van der Waals surface area contributed by atoms with Crippen molar-refractivity contribution in [2.45, 2.75) is 12.7 Å². The van der Waals surface area contributed by atoms with Gasteiger partial charge in [0.25, 0.3) is 0 Å². The highest BCUT2D eigenvalue weighted by Crippen LogP contribution is 2.10. The van der Waals surface area contributed by atoms with E-state index in [4.69, 9.17) is 20.4 Å². The fraction of sp³-hybridized carbons (Fsp3) is 0.400. The highest BCUT2D eigenvalue weighted by molar-refractivity contribution is 5.95. The van der Waals surface area contributed by atoms with Gasteiger partial charge in [-0.3, -0.25) is 4.98 Å². The smallest absolute Gasteiger partial charge is 0.188 e. The maximum atomic E-state index is 8.52. The van der Waals surface area contributed by atoms with Crippen LogP contribution in [0.4, 0.5) is 0 Å². The Morgan fingerprint density at radius 3 is 3.12 bits per heavy atom. The number of amidine groups is 1. The second-order valence-corrected chi connectivity index (χ2v) is 3.51. The van der Waals surface area contributed by atoms with Crippen LogP contribution in [0.2, 0.25) is 0 Å². The summed E-state index contributed by atoms with van der Waals surface area (Å²) < 4.78 is 10.5. The number of nitrogens with two attached hydrogens (primary N) is 1. The van der Waals surface area contributed by atoms with Crippen LogP contribution in [0.25, 0.3) is 0 Å². The number of hydrogen-bond donors (Lipinski definition) is 2. The van der Waals surface area contributed by atoms with Gasteiger partial charge in [-0.25, -0.2) is 0 Å². The minimum absolute atomic E-state index is 0.00572. The Morgan fingerprint density at radius 2 is 2.50 bits per heavy atom. The molecule has 3 N–H and O–H groups in total. The summed E-state index contributed by atoms with van der Waals surface area (Å²) in [7, 11) is 0. The second kappa shape index (κ2) is 4.91. The van der Waals surface area contributed by atoms with E-state index in [1.165, 1.54) is 0 Å². The van der Waals surface area contributed by atoms with Crippen molar-refractivity contribution in [3.8, 4) is 0 Å². The molecule has 0 unspecified atom stereocenters. The van der Waals surface area contributed by atoms with Crippen molar-refractivity contribution in [2.75, 3.05) is 13.2 Å². The number of ether oxygens (including phenoxy) is 2. The van der Waals surface area contributed by atoms with Crippen LogP contribution in [0.3, 0.4) is 0 Å². The lowest BCUT2D eigenvalue weighted by atomic mass is 10.2. The molecule has 0 radical (unpaired) electrons. The maximum absolute atomic E-state index is 8.52. The fourth-order valence-corrected chi connectivity index (χ4v) is 1.28. The quantitative estimate of drug-likeness (QED) is 0.327. The molecule has 1 saturated heterocycles. The zero-order chi connectivity index (χ0) is 11.4. The zero-order valence-electron chi connectivity index (χ0n) is 8.67. The Labute approximate surface area is 92.7 Å². The Morgan fingerprint density at radius 1 is 1.69 bits per heavy atom. The lowest BCUT2D eigenvalue weighted by Gasteiger charge is -2.25. The van der Waals surface area contributed by atoms with Gasteiger partial charge in [0.05, 0.1) is 19.8 Å². The Bertz CT molecular complexity index is 391. The molecule has 1 aromatic rings. The molecule has 1 aromatic heterocycles. The lowest BCUT2D eigenvalue weighted by Crippen LogP contribution is -2.35. The van der Waals surface area contributed by atoms with Crippen LogP contribution in [-0.2, 0) is 16.1 Å². The van der Waals surface area contributed by atoms with Crippen molar-refractivity contribution >= 4 is 5.84 Å². The largest absolute Gasteiger partial charge is 0.409 e. The predicted octanol–water partition coefficient (Wildman–Crippen LogP) is 0.0915. The third kappa shape index (κ3) is 2.47. The average molecular weight is 223 g/mol. The minimum Gasteiger partial charge on any atom is -0.409 e. The van der Waals surface area contributed by atoms with Gasteiger partial charge >= 0.3 is 0 Å². The van der Waals surface area contributed by atoms with Crippen molar-refractivity contribution in [2.24, 2.45) is 10.9 Å². The molecule has 0 bridgehead atoms. The molecule has 0 aromatic carbocycles. The van der Waals surface area contributed by atoms with Gasteiger partial charge in [-0.15, -0.1) is 0 Å². The number of rotatable bonds is 4. The summed E-state index contributed by atoms with van der Waals surface area (Å²) in [5, 5.41) is 11.4. The summed E-state index contributed by atoms with van der Waals surface area (Å²) in [5.74, 6) is -0.00572. The molecule has 86 valence electrons. The number of pyridine rings is 1. The van der Waals surface area contributed by atoms with Gasteiger partial charge in [-0.1, -0.05) is 5.16 Å². The van der Waals surface area contributed by atoms with E-state index in [0.29, 0.717) is 25.5 Å². The highest BCUT2D eigenvalue weighted by atomic mass is 16.6. The first kappa shape index (κ1) is 10.8. The Kier molecular flexibility index (Phi) is 3.33. The number of oxime groups is 1. The molecular weight excluding hydrogens is 210 g/mol. The average Bonchev–Trinajstić information content (AvgIpc) is 2.26. The Hall–Kier alpha value is -1.66. The van der Waals surface area contributed by atoms with Gasteiger partial charge in [0.15, 0.2) is 5.84 Å². The third-order valence-corrected chi connectivity index (χ3v) is 2.29. The molecule has 0 amide bonds. The van der Waals surface area contributed by atoms with E-state index < -0.39 is 0 Å². The molecule has 6 heteroatoms. The lowest BCUT2D eigenvalue weighted by molar-refractivity contribution is -0.135. The van der Waals surface area contributed by atoms with Gasteiger partial charge in [-0.05, 0) is 17.7 Å².